The maximum Gasteiger partial charge on any atom is 0.233 e. The van der Waals surface area contributed by atoms with Crippen LogP contribution in [0.25, 0.3) is 0 Å². The van der Waals surface area contributed by atoms with Gasteiger partial charge < -0.3 is 16.3 Å². The predicted octanol–water partition coefficient (Wildman–Crippen LogP) is 1.41. The molecule has 0 aliphatic rings. The van der Waals surface area contributed by atoms with Gasteiger partial charge in [0, 0.05) is 11.8 Å². The normalized spacial score (nSPS) is 17.3. The van der Waals surface area contributed by atoms with Crippen molar-refractivity contribution in [2.75, 3.05) is 11.5 Å². The van der Waals surface area contributed by atoms with Crippen LogP contribution in [0.3, 0.4) is 0 Å². The summed E-state index contributed by atoms with van der Waals surface area (Å²) in [5.74, 6) is 1.64. The average Bonchev–Trinajstić information content (AvgIpc) is 2.33. The van der Waals surface area contributed by atoms with E-state index in [1.54, 1.807) is 18.7 Å². The van der Waals surface area contributed by atoms with Gasteiger partial charge in [-0.1, -0.05) is 19.0 Å². The number of hydrogen-bond donors (Lipinski definition) is 3. The minimum Gasteiger partial charge on any atom is -0.409 e. The Morgan fingerprint density at radius 2 is 2.18 bits per heavy atom. The topological polar surface area (TPSA) is 87.7 Å². The van der Waals surface area contributed by atoms with E-state index in [0.29, 0.717) is 6.42 Å². The van der Waals surface area contributed by atoms with Gasteiger partial charge in [-0.05, 0) is 26.0 Å². The molecule has 0 aliphatic carbocycles. The van der Waals surface area contributed by atoms with Crippen LogP contribution in [0.5, 0.6) is 0 Å². The molecule has 1 amide bonds. The maximum atomic E-state index is 12.1. The summed E-state index contributed by atoms with van der Waals surface area (Å²) in [4.78, 5) is 12.1. The number of amides is 1. The number of nitrogens with two attached hydrogens (primary N) is 1. The highest BCUT2D eigenvalue weighted by molar-refractivity contribution is 7.99. The first-order valence-corrected chi connectivity index (χ1v) is 6.94. The third-order valence-corrected chi connectivity index (χ3v) is 3.97. The lowest BCUT2D eigenvalue weighted by molar-refractivity contribution is -0.127. The summed E-state index contributed by atoms with van der Waals surface area (Å²) >= 11 is 1.76. The molecule has 5 nitrogen and oxygen atoms in total. The highest BCUT2D eigenvalue weighted by atomic mass is 32.2. The molecule has 17 heavy (non-hydrogen) atoms. The molecular weight excluding hydrogens is 238 g/mol. The van der Waals surface area contributed by atoms with Gasteiger partial charge in [-0.25, -0.2) is 0 Å². The number of oxime groups is 1. The molecule has 2 atom stereocenters. The smallest absolute Gasteiger partial charge is 0.233 e. The van der Waals surface area contributed by atoms with Crippen molar-refractivity contribution in [1.29, 1.82) is 0 Å². The van der Waals surface area contributed by atoms with E-state index in [0.717, 1.165) is 11.5 Å². The monoisotopic (exact) mass is 261 g/mol. The van der Waals surface area contributed by atoms with Gasteiger partial charge in [0.05, 0.1) is 0 Å². The van der Waals surface area contributed by atoms with Crippen LogP contribution in [0.15, 0.2) is 5.16 Å². The fourth-order valence-corrected chi connectivity index (χ4v) is 1.96. The Hall–Kier alpha value is -0.910. The van der Waals surface area contributed by atoms with E-state index in [1.807, 2.05) is 13.8 Å². The first kappa shape index (κ1) is 16.1. The lowest BCUT2D eigenvalue weighted by Crippen LogP contribution is -2.50. The molecule has 0 spiro atoms. The molecule has 4 N–H and O–H groups in total. The van der Waals surface area contributed by atoms with Crippen LogP contribution in [0, 0.1) is 5.41 Å². The first-order valence-electron chi connectivity index (χ1n) is 5.79. The van der Waals surface area contributed by atoms with E-state index in [1.165, 1.54) is 0 Å². The van der Waals surface area contributed by atoms with E-state index >= 15 is 0 Å². The number of hydrogen-bond acceptors (Lipinski definition) is 4. The second-order valence-electron chi connectivity index (χ2n) is 4.20. The van der Waals surface area contributed by atoms with E-state index in [4.69, 9.17) is 10.9 Å². The van der Waals surface area contributed by atoms with Crippen LogP contribution < -0.4 is 11.1 Å². The second kappa shape index (κ2) is 7.42. The second-order valence-corrected chi connectivity index (χ2v) is 5.52. The molecule has 100 valence electrons. The summed E-state index contributed by atoms with van der Waals surface area (Å²) < 4.78 is 0. The van der Waals surface area contributed by atoms with Crippen LogP contribution >= 0.6 is 11.8 Å². The zero-order valence-corrected chi connectivity index (χ0v) is 11.8. The zero-order valence-electron chi connectivity index (χ0n) is 11.0. The number of nitrogens with one attached hydrogen (secondary N) is 1. The van der Waals surface area contributed by atoms with Gasteiger partial charge in [0.1, 0.15) is 5.41 Å². The molecule has 0 bridgehead atoms. The molecule has 0 radical (unpaired) electrons. The summed E-state index contributed by atoms with van der Waals surface area (Å²) in [7, 11) is 0. The summed E-state index contributed by atoms with van der Waals surface area (Å²) in [5.41, 5.74) is 4.63. The number of carbonyl (C=O) groups excluding carboxylic acids is 1. The molecule has 0 fully saturated rings. The quantitative estimate of drug-likeness (QED) is 0.280. The Bertz CT molecular complexity index is 284. The van der Waals surface area contributed by atoms with Gasteiger partial charge in [0.2, 0.25) is 5.91 Å². The van der Waals surface area contributed by atoms with Crippen LogP contribution in [-0.4, -0.2) is 34.5 Å². The summed E-state index contributed by atoms with van der Waals surface area (Å²) in [6.07, 6.45) is 0.488. The summed E-state index contributed by atoms with van der Waals surface area (Å²) in [5, 5.41) is 14.5. The molecule has 0 aromatic heterocycles. The molecule has 0 heterocycles. The van der Waals surface area contributed by atoms with Gasteiger partial charge >= 0.3 is 0 Å². The Morgan fingerprint density at radius 1 is 1.59 bits per heavy atom. The van der Waals surface area contributed by atoms with Crippen molar-refractivity contribution in [2.24, 2.45) is 16.3 Å². The third kappa shape index (κ3) is 4.46. The van der Waals surface area contributed by atoms with Crippen molar-refractivity contribution < 1.29 is 10.0 Å². The molecule has 2 unspecified atom stereocenters. The summed E-state index contributed by atoms with van der Waals surface area (Å²) in [6.45, 7) is 7.54. The fraction of sp³-hybridized carbons (Fsp3) is 0.818. The highest BCUT2D eigenvalue weighted by Gasteiger charge is 2.36. The van der Waals surface area contributed by atoms with Crippen LogP contribution in [0.2, 0.25) is 0 Å². The minimum absolute atomic E-state index is 0.0483. The standard InChI is InChI=1S/C11H23N3O2S/c1-5-11(4,9(12)14-16)10(15)13-8(3)7-17-6-2/h8,16H,5-7H2,1-4H3,(H2,12,14)(H,13,15). The van der Waals surface area contributed by atoms with Crippen molar-refractivity contribution in [1.82, 2.24) is 5.32 Å². The van der Waals surface area contributed by atoms with Crippen molar-refractivity contribution in [3.63, 3.8) is 0 Å². The van der Waals surface area contributed by atoms with Gasteiger partial charge in [-0.15, -0.1) is 0 Å². The molecule has 0 aromatic rings. The highest BCUT2D eigenvalue weighted by Crippen LogP contribution is 2.22. The van der Waals surface area contributed by atoms with Crippen LogP contribution in [0.1, 0.15) is 34.1 Å². The number of amidine groups is 1. The van der Waals surface area contributed by atoms with Crippen molar-refractivity contribution >= 4 is 23.5 Å². The van der Waals surface area contributed by atoms with E-state index in [9.17, 15) is 4.79 Å². The predicted molar refractivity (Wildman–Crippen MR) is 72.4 cm³/mol. The number of thioether (sulfide) groups is 1. The minimum atomic E-state index is -0.945. The largest absolute Gasteiger partial charge is 0.409 e. The van der Waals surface area contributed by atoms with E-state index in [2.05, 4.69) is 17.4 Å². The maximum absolute atomic E-state index is 12.1. The molecule has 0 aromatic carbocycles. The Balaban J connectivity index is 4.56. The molecule has 0 aliphatic heterocycles. The average molecular weight is 261 g/mol. The SMILES string of the molecule is CCSCC(C)NC(=O)C(C)(CC)C(N)=NO. The zero-order chi connectivity index (χ0) is 13.5. The third-order valence-electron chi connectivity index (χ3n) is 2.83. The Morgan fingerprint density at radius 3 is 2.59 bits per heavy atom. The van der Waals surface area contributed by atoms with Gasteiger partial charge in [0.15, 0.2) is 5.84 Å². The van der Waals surface area contributed by atoms with Gasteiger partial charge in [-0.3, -0.25) is 4.79 Å². The van der Waals surface area contributed by atoms with Crippen molar-refractivity contribution in [2.45, 2.75) is 40.2 Å². The van der Waals surface area contributed by atoms with Gasteiger partial charge in [0.25, 0.3) is 0 Å². The number of carbonyl (C=O) groups is 1. The first-order chi connectivity index (χ1) is 7.92. The van der Waals surface area contributed by atoms with Crippen LogP contribution in [-0.2, 0) is 4.79 Å². The van der Waals surface area contributed by atoms with Crippen LogP contribution in [0.4, 0.5) is 0 Å². The number of nitrogens with zero attached hydrogens (tertiary/aromatic N) is 1. The summed E-state index contributed by atoms with van der Waals surface area (Å²) in [6, 6.07) is 0.0739. The fourth-order valence-electron chi connectivity index (χ4n) is 1.29. The lowest BCUT2D eigenvalue weighted by Gasteiger charge is -2.27. The Kier molecular flexibility index (Phi) is 7.03. The number of rotatable bonds is 7. The van der Waals surface area contributed by atoms with Crippen molar-refractivity contribution in [3.8, 4) is 0 Å². The van der Waals surface area contributed by atoms with Gasteiger partial charge in [-0.2, -0.15) is 11.8 Å². The van der Waals surface area contributed by atoms with E-state index in [-0.39, 0.29) is 17.8 Å². The Labute approximate surface area is 107 Å². The molecule has 0 rings (SSSR count). The molecular formula is C11H23N3O2S. The molecule has 0 saturated heterocycles. The van der Waals surface area contributed by atoms with E-state index < -0.39 is 5.41 Å². The molecule has 6 heteroatoms. The molecule has 0 saturated carbocycles. The lowest BCUT2D eigenvalue weighted by atomic mass is 9.85. The van der Waals surface area contributed by atoms with Crippen molar-refractivity contribution in [3.05, 3.63) is 0 Å².